The molecule has 2 fully saturated rings. The van der Waals surface area contributed by atoms with Crippen molar-refractivity contribution in [2.24, 2.45) is 5.92 Å². The van der Waals surface area contributed by atoms with Crippen LogP contribution in [-0.4, -0.2) is 50.2 Å². The number of amides is 1. The van der Waals surface area contributed by atoms with E-state index in [1.807, 2.05) is 11.9 Å². The topological polar surface area (TPSA) is 41.6 Å². The van der Waals surface area contributed by atoms with E-state index in [4.69, 9.17) is 4.74 Å². The highest BCUT2D eigenvalue weighted by molar-refractivity contribution is 5.80. The molecule has 0 bridgehead atoms. The van der Waals surface area contributed by atoms with Crippen molar-refractivity contribution in [1.82, 2.24) is 10.2 Å². The quantitative estimate of drug-likeness (QED) is 0.685. The summed E-state index contributed by atoms with van der Waals surface area (Å²) in [6.45, 7) is 3.19. The maximum Gasteiger partial charge on any atom is 0.225 e. The number of nitrogens with zero attached hydrogens (tertiary/aromatic N) is 1. The number of carbonyl (C=O) groups is 1. The van der Waals surface area contributed by atoms with Crippen LogP contribution in [-0.2, 0) is 9.53 Å². The van der Waals surface area contributed by atoms with Gasteiger partial charge in [0.1, 0.15) is 0 Å². The highest BCUT2D eigenvalue weighted by atomic mass is 16.5. The molecule has 1 unspecified atom stereocenters. The number of morpholine rings is 1. The van der Waals surface area contributed by atoms with Gasteiger partial charge in [-0.2, -0.15) is 0 Å². The summed E-state index contributed by atoms with van der Waals surface area (Å²) in [5.74, 6) is 0.627. The van der Waals surface area contributed by atoms with Crippen molar-refractivity contribution in [3.63, 3.8) is 0 Å². The lowest BCUT2D eigenvalue weighted by molar-refractivity contribution is -0.131. The molecule has 0 radical (unpaired) electrons. The Balaban J connectivity index is 1.74. The Bertz CT molecular complexity index is 210. The van der Waals surface area contributed by atoms with Gasteiger partial charge in [-0.15, -0.1) is 0 Å². The lowest BCUT2D eigenvalue weighted by Crippen LogP contribution is -2.49. The van der Waals surface area contributed by atoms with Crippen molar-refractivity contribution in [1.29, 1.82) is 0 Å². The Morgan fingerprint density at radius 3 is 2.93 bits per heavy atom. The lowest BCUT2D eigenvalue weighted by atomic mass is 10.2. The maximum atomic E-state index is 11.6. The summed E-state index contributed by atoms with van der Waals surface area (Å²) in [7, 11) is 1.89. The number of ether oxygens (including phenoxy) is 1. The van der Waals surface area contributed by atoms with E-state index in [1.165, 1.54) is 0 Å². The number of likely N-dealkylation sites (N-methyl/N-ethyl adjacent to an activating group) is 1. The normalized spacial score (nSPS) is 27.4. The first-order valence-corrected chi connectivity index (χ1v) is 5.33. The van der Waals surface area contributed by atoms with Crippen molar-refractivity contribution < 1.29 is 9.53 Å². The van der Waals surface area contributed by atoms with Gasteiger partial charge in [-0.25, -0.2) is 0 Å². The molecule has 0 spiro atoms. The molecule has 0 aromatic carbocycles. The minimum atomic E-state index is 0.303. The molecule has 80 valence electrons. The van der Waals surface area contributed by atoms with Crippen LogP contribution in [0, 0.1) is 5.92 Å². The summed E-state index contributed by atoms with van der Waals surface area (Å²) >= 11 is 0. The van der Waals surface area contributed by atoms with E-state index >= 15 is 0 Å². The zero-order chi connectivity index (χ0) is 9.97. The minimum absolute atomic E-state index is 0.303. The van der Waals surface area contributed by atoms with Crippen LogP contribution < -0.4 is 5.32 Å². The standard InChI is InChI=1S/C10H18N2O2/c1-12(10(13)8-2-3-8)6-9-7-14-5-4-11-9/h8-9,11H,2-7H2,1H3. The first kappa shape index (κ1) is 9.93. The number of carbonyl (C=O) groups excluding carboxylic acids is 1. The zero-order valence-corrected chi connectivity index (χ0v) is 8.66. The van der Waals surface area contributed by atoms with Gasteiger partial charge in [0, 0.05) is 32.1 Å². The second kappa shape index (κ2) is 4.28. The van der Waals surface area contributed by atoms with Crippen LogP contribution in [0.25, 0.3) is 0 Å². The minimum Gasteiger partial charge on any atom is -0.378 e. The number of rotatable bonds is 3. The summed E-state index contributed by atoms with van der Waals surface area (Å²) in [6.07, 6.45) is 2.16. The van der Waals surface area contributed by atoms with E-state index in [0.717, 1.165) is 39.1 Å². The van der Waals surface area contributed by atoms with Gasteiger partial charge < -0.3 is 15.0 Å². The van der Waals surface area contributed by atoms with Crippen molar-refractivity contribution in [3.05, 3.63) is 0 Å². The Labute approximate surface area is 84.6 Å². The second-order valence-corrected chi connectivity index (χ2v) is 4.22. The molecule has 4 heteroatoms. The molecule has 2 rings (SSSR count). The van der Waals surface area contributed by atoms with Crippen LogP contribution >= 0.6 is 0 Å². The van der Waals surface area contributed by atoms with Gasteiger partial charge in [0.05, 0.1) is 13.2 Å². The van der Waals surface area contributed by atoms with E-state index in [-0.39, 0.29) is 0 Å². The summed E-state index contributed by atoms with van der Waals surface area (Å²) in [5.41, 5.74) is 0. The third kappa shape index (κ3) is 2.45. The van der Waals surface area contributed by atoms with Crippen LogP contribution in [0.1, 0.15) is 12.8 Å². The van der Waals surface area contributed by atoms with E-state index in [9.17, 15) is 4.79 Å². The smallest absolute Gasteiger partial charge is 0.225 e. The predicted octanol–water partition coefficient (Wildman–Crippen LogP) is -0.157. The van der Waals surface area contributed by atoms with Crippen molar-refractivity contribution in [2.45, 2.75) is 18.9 Å². The Hall–Kier alpha value is -0.610. The molecule has 1 heterocycles. The van der Waals surface area contributed by atoms with Gasteiger partial charge >= 0.3 is 0 Å². The molecular weight excluding hydrogens is 180 g/mol. The molecule has 1 saturated heterocycles. The molecule has 1 saturated carbocycles. The molecule has 0 aromatic heterocycles. The van der Waals surface area contributed by atoms with Gasteiger partial charge in [-0.1, -0.05) is 0 Å². The summed E-state index contributed by atoms with van der Waals surface area (Å²) in [4.78, 5) is 13.5. The first-order chi connectivity index (χ1) is 6.77. The number of nitrogens with one attached hydrogen (secondary N) is 1. The number of hydrogen-bond acceptors (Lipinski definition) is 3. The summed E-state index contributed by atoms with van der Waals surface area (Å²) in [6, 6.07) is 0.316. The summed E-state index contributed by atoms with van der Waals surface area (Å²) in [5, 5.41) is 3.35. The largest absolute Gasteiger partial charge is 0.378 e. The predicted molar refractivity (Wildman–Crippen MR) is 53.0 cm³/mol. The molecule has 14 heavy (non-hydrogen) atoms. The molecule has 0 aromatic rings. The average molecular weight is 198 g/mol. The van der Waals surface area contributed by atoms with Gasteiger partial charge in [0.2, 0.25) is 5.91 Å². The number of hydrogen-bond donors (Lipinski definition) is 1. The third-order valence-corrected chi connectivity index (χ3v) is 2.80. The lowest BCUT2D eigenvalue weighted by Gasteiger charge is -2.28. The Morgan fingerprint density at radius 1 is 1.57 bits per heavy atom. The highest BCUT2D eigenvalue weighted by Gasteiger charge is 2.32. The maximum absolute atomic E-state index is 11.6. The van der Waals surface area contributed by atoms with Gasteiger partial charge in [0.25, 0.3) is 0 Å². The van der Waals surface area contributed by atoms with E-state index < -0.39 is 0 Å². The van der Waals surface area contributed by atoms with Gasteiger partial charge in [0.15, 0.2) is 0 Å². The molecule has 1 aliphatic heterocycles. The van der Waals surface area contributed by atoms with Crippen molar-refractivity contribution in [2.75, 3.05) is 33.4 Å². The second-order valence-electron chi connectivity index (χ2n) is 4.22. The van der Waals surface area contributed by atoms with Crippen molar-refractivity contribution in [3.8, 4) is 0 Å². The van der Waals surface area contributed by atoms with E-state index in [2.05, 4.69) is 5.32 Å². The molecule has 1 amide bonds. The molecule has 1 N–H and O–H groups in total. The fourth-order valence-electron chi connectivity index (χ4n) is 1.80. The molecular formula is C10H18N2O2. The van der Waals surface area contributed by atoms with Crippen LogP contribution in [0.4, 0.5) is 0 Å². The van der Waals surface area contributed by atoms with Crippen LogP contribution in [0.3, 0.4) is 0 Å². The van der Waals surface area contributed by atoms with E-state index in [1.54, 1.807) is 0 Å². The fourth-order valence-corrected chi connectivity index (χ4v) is 1.80. The summed E-state index contributed by atoms with van der Waals surface area (Å²) < 4.78 is 5.34. The monoisotopic (exact) mass is 198 g/mol. The van der Waals surface area contributed by atoms with Gasteiger partial charge in [-0.3, -0.25) is 4.79 Å². The molecule has 2 aliphatic rings. The Kier molecular flexibility index (Phi) is 3.03. The Morgan fingerprint density at radius 2 is 2.36 bits per heavy atom. The third-order valence-electron chi connectivity index (χ3n) is 2.80. The van der Waals surface area contributed by atoms with Gasteiger partial charge in [-0.05, 0) is 12.8 Å². The van der Waals surface area contributed by atoms with Crippen LogP contribution in [0.2, 0.25) is 0 Å². The van der Waals surface area contributed by atoms with Crippen molar-refractivity contribution >= 4 is 5.91 Å². The molecule has 4 nitrogen and oxygen atoms in total. The average Bonchev–Trinajstić information content (AvgIpc) is 3.01. The zero-order valence-electron chi connectivity index (χ0n) is 8.66. The fraction of sp³-hybridized carbons (Fsp3) is 0.900. The SMILES string of the molecule is CN(CC1COCCN1)C(=O)C1CC1. The molecule has 1 atom stereocenters. The van der Waals surface area contributed by atoms with Crippen LogP contribution in [0.15, 0.2) is 0 Å². The van der Waals surface area contributed by atoms with Crippen LogP contribution in [0.5, 0.6) is 0 Å². The van der Waals surface area contributed by atoms with E-state index in [0.29, 0.717) is 17.9 Å². The highest BCUT2D eigenvalue weighted by Crippen LogP contribution is 2.30. The molecule has 1 aliphatic carbocycles. The first-order valence-electron chi connectivity index (χ1n) is 5.33.